The lowest BCUT2D eigenvalue weighted by molar-refractivity contribution is 1.52. The molecule has 4 heteroatoms. The summed E-state index contributed by atoms with van der Waals surface area (Å²) >= 11 is 0. The zero-order valence-electron chi connectivity index (χ0n) is 3.44. The van der Waals surface area contributed by atoms with Crippen LogP contribution in [0.25, 0.3) is 4.38 Å². The number of hydrogen-bond acceptors (Lipinski definition) is 2. The fourth-order valence-corrected chi connectivity index (χ4v) is 2.03. The summed E-state index contributed by atoms with van der Waals surface area (Å²) in [5.41, 5.74) is 0. The van der Waals surface area contributed by atoms with E-state index in [9.17, 15) is 0 Å². The molecule has 1 heterocycles. The van der Waals surface area contributed by atoms with Gasteiger partial charge in [-0.05, 0) is 11.5 Å². The fourth-order valence-electron chi connectivity index (χ4n) is 0.267. The average Bonchev–Trinajstić information content (AvgIpc) is 2.14. The zero-order valence-corrected chi connectivity index (χ0v) is 5.08. The monoisotopic (exact) mass is 131 g/mol. The average molecular weight is 131 g/mol. The Morgan fingerprint density at radius 3 is 2.86 bits per heavy atom. The molecule has 0 amide bonds. The highest BCUT2D eigenvalue weighted by molar-refractivity contribution is 8.85. The molecule has 7 heavy (non-hydrogen) atoms. The maximum absolute atomic E-state index is 8.11. The van der Waals surface area contributed by atoms with Crippen molar-refractivity contribution in [3.63, 3.8) is 0 Å². The summed E-state index contributed by atoms with van der Waals surface area (Å²) in [5.74, 6) is 0. The van der Waals surface area contributed by atoms with Crippen molar-refractivity contribution in [1.82, 2.24) is 0 Å². The van der Waals surface area contributed by atoms with E-state index in [0.717, 1.165) is 0 Å². The third-order valence-corrected chi connectivity index (χ3v) is 2.98. The van der Waals surface area contributed by atoms with Crippen molar-refractivity contribution in [3.05, 3.63) is 15.9 Å². The maximum atomic E-state index is 8.11. The van der Waals surface area contributed by atoms with Gasteiger partial charge in [-0.25, -0.2) is 0 Å². The van der Waals surface area contributed by atoms with Crippen molar-refractivity contribution in [1.29, 1.82) is 5.39 Å². The second-order valence-corrected chi connectivity index (χ2v) is 3.97. The number of rotatable bonds is 0. The van der Waals surface area contributed by atoms with Gasteiger partial charge in [0.1, 0.15) is 0 Å². The van der Waals surface area contributed by atoms with E-state index in [1.807, 2.05) is 16.9 Å². The molecule has 1 aliphatic rings. The predicted octanol–water partition coefficient (Wildman–Crippen LogP) is 2.00. The minimum Gasteiger partial charge on any atom is -0.0413 e. The van der Waals surface area contributed by atoms with Crippen molar-refractivity contribution in [2.24, 2.45) is 0 Å². The molecule has 0 bridgehead atoms. The van der Waals surface area contributed by atoms with Gasteiger partial charge in [-0.3, -0.25) is 0 Å². The lowest BCUT2D eigenvalue weighted by atomic mass is 10.8. The Morgan fingerprint density at radius 1 is 1.71 bits per heavy atom. The highest BCUT2D eigenvalue weighted by Crippen LogP contribution is 2.35. The lowest BCUT2D eigenvalue weighted by Crippen LogP contribution is -1.44. The summed E-state index contributed by atoms with van der Waals surface area (Å²) in [5, 5.41) is 11.9. The third-order valence-electron chi connectivity index (χ3n) is 0.508. The summed E-state index contributed by atoms with van der Waals surface area (Å²) < 4.78 is 3.06. The van der Waals surface area contributed by atoms with Gasteiger partial charge < -0.3 is 0 Å². The van der Waals surface area contributed by atoms with Crippen LogP contribution in [0.15, 0.2) is 11.5 Å². The Kier molecular flexibility index (Phi) is 1.50. The van der Waals surface area contributed by atoms with Gasteiger partial charge in [-0.15, -0.1) is 0 Å². The van der Waals surface area contributed by atoms with Gasteiger partial charge in [-0.1, -0.05) is 0 Å². The SMILES string of the molecule is N#[N+]S1=CC=CS1. The summed E-state index contributed by atoms with van der Waals surface area (Å²) in [6.07, 6.45) is 1.88. The molecule has 0 aromatic heterocycles. The van der Waals surface area contributed by atoms with Crippen LogP contribution >= 0.6 is 20.5 Å². The Balaban J connectivity index is 2.67. The molecule has 0 saturated carbocycles. The molecule has 0 aromatic carbocycles. The highest BCUT2D eigenvalue weighted by atomic mass is 33.1. The van der Waals surface area contributed by atoms with Gasteiger partial charge in [0.05, 0.1) is 5.37 Å². The first kappa shape index (κ1) is 4.88. The standard InChI is InChI=1S/C3H3N2S2/c4-5-7-3-1-2-6-7/h1-3H/q+1. The Labute approximate surface area is 47.7 Å². The first-order chi connectivity index (χ1) is 3.43. The van der Waals surface area contributed by atoms with E-state index in [4.69, 9.17) is 5.39 Å². The molecule has 0 fully saturated rings. The van der Waals surface area contributed by atoms with Crippen molar-refractivity contribution < 1.29 is 0 Å². The minimum atomic E-state index is -0.273. The van der Waals surface area contributed by atoms with E-state index in [2.05, 4.69) is 4.38 Å². The van der Waals surface area contributed by atoms with Crippen LogP contribution in [0.2, 0.25) is 0 Å². The Morgan fingerprint density at radius 2 is 2.57 bits per heavy atom. The van der Waals surface area contributed by atoms with Crippen LogP contribution < -0.4 is 0 Å². The molecule has 0 aromatic rings. The number of allylic oxidation sites excluding steroid dienone is 1. The van der Waals surface area contributed by atoms with E-state index in [0.29, 0.717) is 0 Å². The van der Waals surface area contributed by atoms with Crippen molar-refractivity contribution in [2.75, 3.05) is 0 Å². The van der Waals surface area contributed by atoms with Gasteiger partial charge >= 0.3 is 9.70 Å². The fraction of sp³-hybridized carbons (Fsp3) is 0. The van der Waals surface area contributed by atoms with Crippen LogP contribution in [0.4, 0.5) is 0 Å². The van der Waals surface area contributed by atoms with Gasteiger partial charge in [0, 0.05) is 10.8 Å². The van der Waals surface area contributed by atoms with E-state index in [1.54, 1.807) is 0 Å². The lowest BCUT2D eigenvalue weighted by Gasteiger charge is -1.60. The molecule has 0 radical (unpaired) electrons. The van der Waals surface area contributed by atoms with E-state index in [1.165, 1.54) is 10.8 Å². The predicted molar refractivity (Wildman–Crippen MR) is 35.5 cm³/mol. The molecule has 1 unspecified atom stereocenters. The molecule has 1 atom stereocenters. The number of nitrogens with zero attached hydrogens (tertiary/aromatic N) is 2. The zero-order chi connectivity index (χ0) is 5.11. The molecule has 1 rings (SSSR count). The van der Waals surface area contributed by atoms with Crippen LogP contribution in [0.1, 0.15) is 0 Å². The highest BCUT2D eigenvalue weighted by Gasteiger charge is 2.06. The van der Waals surface area contributed by atoms with Crippen LogP contribution in [0.3, 0.4) is 0 Å². The topological polar surface area (TPSA) is 28.1 Å². The van der Waals surface area contributed by atoms with Crippen LogP contribution in [0.5, 0.6) is 0 Å². The number of hydrogen-bond donors (Lipinski definition) is 0. The molecule has 1 aliphatic heterocycles. The summed E-state index contributed by atoms with van der Waals surface area (Å²) in [4.78, 5) is 0. The molecular formula is C3H3N2S2+. The molecule has 0 aliphatic carbocycles. The first-order valence-electron chi connectivity index (χ1n) is 1.69. The van der Waals surface area contributed by atoms with Crippen molar-refractivity contribution in [3.8, 4) is 0 Å². The van der Waals surface area contributed by atoms with Crippen LogP contribution in [-0.4, -0.2) is 5.37 Å². The quantitative estimate of drug-likeness (QED) is 0.286. The summed E-state index contributed by atoms with van der Waals surface area (Å²) in [6.45, 7) is 0. The minimum absolute atomic E-state index is 0.273. The second kappa shape index (κ2) is 2.15. The molecule has 2 nitrogen and oxygen atoms in total. The Bertz CT molecular complexity index is 164. The third kappa shape index (κ3) is 1.05. The second-order valence-electron chi connectivity index (χ2n) is 0.919. The van der Waals surface area contributed by atoms with Gasteiger partial charge in [0.25, 0.3) is 0 Å². The van der Waals surface area contributed by atoms with Crippen molar-refractivity contribution in [2.45, 2.75) is 0 Å². The normalized spacial score (nSPS) is 26.4. The smallest absolute Gasteiger partial charge is 0.0413 e. The summed E-state index contributed by atoms with van der Waals surface area (Å²) in [6, 6.07) is 0. The number of diazo groups is 1. The largest absolute Gasteiger partial charge is 0.316 e. The molecule has 0 N–H and O–H groups in total. The molecule has 0 spiro atoms. The van der Waals surface area contributed by atoms with Crippen LogP contribution in [-0.2, 0) is 0 Å². The molecule has 0 saturated heterocycles. The van der Waals surface area contributed by atoms with Gasteiger partial charge in [-0.2, -0.15) is 0 Å². The van der Waals surface area contributed by atoms with Gasteiger partial charge in [0.2, 0.25) is 9.77 Å². The van der Waals surface area contributed by atoms with E-state index >= 15 is 0 Å². The maximum Gasteiger partial charge on any atom is 0.316 e. The Hall–Kier alpha value is -0.270. The van der Waals surface area contributed by atoms with Crippen molar-refractivity contribution >= 4 is 25.9 Å². The first-order valence-corrected chi connectivity index (χ1v) is 4.33. The van der Waals surface area contributed by atoms with Crippen LogP contribution in [0, 0.1) is 5.39 Å². The van der Waals surface area contributed by atoms with E-state index < -0.39 is 0 Å². The molecular weight excluding hydrogens is 128 g/mol. The van der Waals surface area contributed by atoms with Gasteiger partial charge in [0.15, 0.2) is 0 Å². The van der Waals surface area contributed by atoms with E-state index in [-0.39, 0.29) is 9.70 Å². The molecule has 36 valence electrons. The summed E-state index contributed by atoms with van der Waals surface area (Å²) in [7, 11) is 1.24.